The van der Waals surface area contributed by atoms with Crippen molar-refractivity contribution in [2.75, 3.05) is 13.1 Å². The maximum Gasteiger partial charge on any atom is 0.154 e. The highest BCUT2D eigenvalue weighted by Gasteiger charge is 2.30. The highest BCUT2D eigenvalue weighted by atomic mass is 19.1. The number of carbonyl (C=O) groups excluding carboxylic acids is 2. The molecule has 0 bridgehead atoms. The third kappa shape index (κ3) is 3.47. The summed E-state index contributed by atoms with van der Waals surface area (Å²) in [6.07, 6.45) is 1.39. The third-order valence-corrected chi connectivity index (χ3v) is 3.59. The summed E-state index contributed by atoms with van der Waals surface area (Å²) in [5.74, 6) is 0.0169. The van der Waals surface area contributed by atoms with Gasteiger partial charge in [0.05, 0.1) is 12.6 Å². The molecular formula is C15H18FNO2. The van der Waals surface area contributed by atoms with E-state index in [1.807, 2.05) is 11.8 Å². The monoisotopic (exact) mass is 263 g/mol. The molecule has 0 spiro atoms. The molecule has 0 radical (unpaired) electrons. The van der Waals surface area contributed by atoms with Crippen molar-refractivity contribution in [3.8, 4) is 0 Å². The van der Waals surface area contributed by atoms with Crippen LogP contribution in [0.25, 0.3) is 0 Å². The van der Waals surface area contributed by atoms with Gasteiger partial charge < -0.3 is 0 Å². The van der Waals surface area contributed by atoms with E-state index in [9.17, 15) is 14.0 Å². The van der Waals surface area contributed by atoms with Crippen LogP contribution in [0.5, 0.6) is 0 Å². The van der Waals surface area contributed by atoms with Crippen molar-refractivity contribution >= 4 is 11.6 Å². The van der Waals surface area contributed by atoms with Gasteiger partial charge in [0.1, 0.15) is 11.6 Å². The fourth-order valence-electron chi connectivity index (χ4n) is 2.51. The van der Waals surface area contributed by atoms with E-state index in [0.717, 1.165) is 5.56 Å². The zero-order chi connectivity index (χ0) is 13.8. The molecule has 0 N–H and O–H groups in total. The van der Waals surface area contributed by atoms with Crippen molar-refractivity contribution < 1.29 is 14.0 Å². The summed E-state index contributed by atoms with van der Waals surface area (Å²) in [6, 6.07) is 5.83. The largest absolute Gasteiger partial charge is 0.298 e. The Morgan fingerprint density at radius 1 is 1.37 bits per heavy atom. The lowest BCUT2D eigenvalue weighted by Gasteiger charge is -2.32. The number of piperidine rings is 1. The third-order valence-electron chi connectivity index (χ3n) is 3.59. The molecule has 0 aromatic heterocycles. The number of carbonyl (C=O) groups is 2. The molecule has 1 fully saturated rings. The van der Waals surface area contributed by atoms with Crippen LogP contribution < -0.4 is 0 Å². The molecule has 3 nitrogen and oxygen atoms in total. The first-order valence-corrected chi connectivity index (χ1v) is 6.63. The Morgan fingerprint density at radius 3 is 2.68 bits per heavy atom. The van der Waals surface area contributed by atoms with Crippen LogP contribution in [0.2, 0.25) is 0 Å². The van der Waals surface area contributed by atoms with Gasteiger partial charge in [-0.2, -0.15) is 0 Å². The predicted octanol–water partition coefficient (Wildman–Crippen LogP) is 1.99. The Bertz CT molecular complexity index is 470. The van der Waals surface area contributed by atoms with E-state index in [-0.39, 0.29) is 23.4 Å². The van der Waals surface area contributed by atoms with Crippen molar-refractivity contribution in [3.63, 3.8) is 0 Å². The second-order valence-electron chi connectivity index (χ2n) is 4.93. The maximum absolute atomic E-state index is 12.8. The van der Waals surface area contributed by atoms with Crippen LogP contribution in [0.15, 0.2) is 24.3 Å². The number of likely N-dealkylation sites (tertiary alicyclic amines) is 1. The highest BCUT2D eigenvalue weighted by Crippen LogP contribution is 2.17. The van der Waals surface area contributed by atoms with E-state index in [1.165, 1.54) is 12.1 Å². The Hall–Kier alpha value is -1.55. The zero-order valence-corrected chi connectivity index (χ0v) is 11.1. The minimum Gasteiger partial charge on any atom is -0.298 e. The molecule has 1 aromatic rings. The Labute approximate surface area is 112 Å². The van der Waals surface area contributed by atoms with E-state index in [2.05, 4.69) is 0 Å². The second kappa shape index (κ2) is 6.06. The van der Waals surface area contributed by atoms with Crippen molar-refractivity contribution in [3.05, 3.63) is 35.6 Å². The van der Waals surface area contributed by atoms with E-state index in [4.69, 9.17) is 0 Å². The standard InChI is InChI=1S/C15H18FNO2/c1-2-17-10-13(18)7-8-14(17)15(19)9-11-3-5-12(16)6-4-11/h3-6,14H,2,7-10H2,1H3/t14-/m1/s1. The molecule has 0 saturated carbocycles. The van der Waals surface area contributed by atoms with Gasteiger partial charge in [-0.25, -0.2) is 4.39 Å². The topological polar surface area (TPSA) is 37.4 Å². The van der Waals surface area contributed by atoms with Gasteiger partial charge in [-0.15, -0.1) is 0 Å². The molecule has 1 aliphatic rings. The van der Waals surface area contributed by atoms with Gasteiger partial charge in [-0.3, -0.25) is 14.5 Å². The smallest absolute Gasteiger partial charge is 0.154 e. The molecule has 0 unspecified atom stereocenters. The SMILES string of the molecule is CCN1CC(=O)CC[C@@H]1C(=O)Cc1ccc(F)cc1. The van der Waals surface area contributed by atoms with Gasteiger partial charge in [0.2, 0.25) is 0 Å². The number of rotatable bonds is 4. The summed E-state index contributed by atoms with van der Waals surface area (Å²) < 4.78 is 12.8. The maximum atomic E-state index is 12.8. The van der Waals surface area contributed by atoms with Crippen molar-refractivity contribution in [2.45, 2.75) is 32.2 Å². The minimum atomic E-state index is -0.297. The Kier molecular flexibility index (Phi) is 4.43. The molecule has 1 saturated heterocycles. The first-order chi connectivity index (χ1) is 9.10. The lowest BCUT2D eigenvalue weighted by Crippen LogP contribution is -2.48. The molecule has 1 aromatic carbocycles. The van der Waals surface area contributed by atoms with Crippen LogP contribution in [-0.2, 0) is 16.0 Å². The predicted molar refractivity (Wildman–Crippen MR) is 70.4 cm³/mol. The van der Waals surface area contributed by atoms with Gasteiger partial charge in [-0.1, -0.05) is 19.1 Å². The van der Waals surface area contributed by atoms with Gasteiger partial charge >= 0.3 is 0 Å². The number of nitrogens with zero attached hydrogens (tertiary/aromatic N) is 1. The number of halogens is 1. The summed E-state index contributed by atoms with van der Waals surface area (Å²) >= 11 is 0. The average Bonchev–Trinajstić information content (AvgIpc) is 2.41. The minimum absolute atomic E-state index is 0.112. The molecule has 0 aliphatic carbocycles. The fraction of sp³-hybridized carbons (Fsp3) is 0.467. The van der Waals surface area contributed by atoms with Gasteiger partial charge in [0.25, 0.3) is 0 Å². The van der Waals surface area contributed by atoms with Crippen molar-refractivity contribution in [2.24, 2.45) is 0 Å². The van der Waals surface area contributed by atoms with Gasteiger partial charge in [-0.05, 0) is 30.7 Å². The van der Waals surface area contributed by atoms with E-state index in [1.54, 1.807) is 12.1 Å². The van der Waals surface area contributed by atoms with Crippen LogP contribution in [0.3, 0.4) is 0 Å². The lowest BCUT2D eigenvalue weighted by molar-refractivity contribution is -0.130. The van der Waals surface area contributed by atoms with Crippen LogP contribution in [0.4, 0.5) is 4.39 Å². The molecule has 1 atom stereocenters. The first kappa shape index (κ1) is 13.9. The van der Waals surface area contributed by atoms with Gasteiger partial charge in [0, 0.05) is 12.8 Å². The number of ketones is 2. The van der Waals surface area contributed by atoms with E-state index in [0.29, 0.717) is 32.4 Å². The number of Topliss-reactive ketones (excluding diaryl/α,β-unsaturated/α-hetero) is 2. The molecule has 102 valence electrons. The summed E-state index contributed by atoms with van der Waals surface area (Å²) in [5, 5.41) is 0. The van der Waals surface area contributed by atoms with Crippen molar-refractivity contribution in [1.82, 2.24) is 4.90 Å². The molecule has 2 rings (SSSR count). The van der Waals surface area contributed by atoms with E-state index >= 15 is 0 Å². The molecule has 1 heterocycles. The normalized spacial score (nSPS) is 20.5. The molecule has 1 aliphatic heterocycles. The number of likely N-dealkylation sites (N-methyl/N-ethyl adjacent to an activating group) is 1. The lowest BCUT2D eigenvalue weighted by atomic mass is 9.94. The van der Waals surface area contributed by atoms with Crippen LogP contribution in [0, 0.1) is 5.82 Å². The van der Waals surface area contributed by atoms with Crippen LogP contribution >= 0.6 is 0 Å². The highest BCUT2D eigenvalue weighted by molar-refractivity contribution is 5.89. The molecular weight excluding hydrogens is 245 g/mol. The first-order valence-electron chi connectivity index (χ1n) is 6.63. The van der Waals surface area contributed by atoms with E-state index < -0.39 is 0 Å². The number of hydrogen-bond donors (Lipinski definition) is 0. The second-order valence-corrected chi connectivity index (χ2v) is 4.93. The summed E-state index contributed by atoms with van der Waals surface area (Å²) in [7, 11) is 0. The van der Waals surface area contributed by atoms with Crippen LogP contribution in [-0.4, -0.2) is 35.6 Å². The number of benzene rings is 1. The van der Waals surface area contributed by atoms with Gasteiger partial charge in [0.15, 0.2) is 5.78 Å². The quantitative estimate of drug-likeness (QED) is 0.833. The zero-order valence-electron chi connectivity index (χ0n) is 11.1. The summed E-state index contributed by atoms with van der Waals surface area (Å²) in [5.41, 5.74) is 0.819. The molecule has 19 heavy (non-hydrogen) atoms. The molecule has 0 amide bonds. The van der Waals surface area contributed by atoms with Crippen LogP contribution in [0.1, 0.15) is 25.3 Å². The fourth-order valence-corrected chi connectivity index (χ4v) is 2.51. The Morgan fingerprint density at radius 2 is 2.05 bits per heavy atom. The number of hydrogen-bond acceptors (Lipinski definition) is 3. The summed E-state index contributed by atoms with van der Waals surface area (Å²) in [4.78, 5) is 25.6. The van der Waals surface area contributed by atoms with Crippen molar-refractivity contribution in [1.29, 1.82) is 0 Å². The average molecular weight is 263 g/mol. The Balaban J connectivity index is 2.02. The molecule has 4 heteroatoms. The summed E-state index contributed by atoms with van der Waals surface area (Å²) in [6.45, 7) is 3.03.